The number of amidine groups is 1. The fourth-order valence-electron chi connectivity index (χ4n) is 4.36. The average molecular weight is 438 g/mol. The first kappa shape index (κ1) is 19.7. The summed E-state index contributed by atoms with van der Waals surface area (Å²) in [5, 5.41) is 3.01. The number of nitrogens with one attached hydrogen (secondary N) is 1. The van der Waals surface area contributed by atoms with Crippen molar-refractivity contribution in [3.05, 3.63) is 60.4 Å². The van der Waals surface area contributed by atoms with E-state index in [0.29, 0.717) is 30.9 Å². The Kier molecular flexibility index (Phi) is 4.97. The van der Waals surface area contributed by atoms with Crippen molar-refractivity contribution >= 4 is 32.8 Å². The number of rotatable bonds is 5. The number of fused-ring (bicyclic) bond motifs is 2. The molecule has 0 radical (unpaired) electrons. The quantitative estimate of drug-likeness (QED) is 0.617. The van der Waals surface area contributed by atoms with E-state index in [2.05, 4.69) is 19.3 Å². The molecule has 3 aromatic rings. The first-order chi connectivity index (χ1) is 15.0. The molecule has 1 amide bonds. The molecule has 0 saturated carbocycles. The van der Waals surface area contributed by atoms with Crippen LogP contribution in [-0.2, 0) is 21.4 Å². The lowest BCUT2D eigenvalue weighted by Crippen LogP contribution is -2.46. The number of hydrogen-bond donors (Lipinski definition) is 1. The minimum atomic E-state index is -3.70. The molecule has 0 spiro atoms. The summed E-state index contributed by atoms with van der Waals surface area (Å²) >= 11 is 0. The minimum absolute atomic E-state index is 0.0857. The summed E-state index contributed by atoms with van der Waals surface area (Å²) in [5.41, 5.74) is 2.62. The molecule has 0 bridgehead atoms. The fourth-order valence-corrected chi connectivity index (χ4v) is 5.57. The predicted octanol–water partition coefficient (Wildman–Crippen LogP) is 2.16. The molecular formula is C22H23N5O3S. The second kappa shape index (κ2) is 7.81. The smallest absolute Gasteiger partial charge is 0.285 e. The number of benzene rings is 2. The Labute approximate surface area is 180 Å². The van der Waals surface area contributed by atoms with E-state index in [1.807, 2.05) is 35.5 Å². The molecule has 9 heteroatoms. The first-order valence-electron chi connectivity index (χ1n) is 10.4. The van der Waals surface area contributed by atoms with Gasteiger partial charge in [0.15, 0.2) is 5.84 Å². The van der Waals surface area contributed by atoms with Gasteiger partial charge in [-0.1, -0.05) is 24.3 Å². The van der Waals surface area contributed by atoms with Crippen LogP contribution < -0.4 is 5.32 Å². The van der Waals surface area contributed by atoms with Crippen LogP contribution in [0.15, 0.2) is 64.2 Å². The van der Waals surface area contributed by atoms with Crippen LogP contribution in [0.1, 0.15) is 24.8 Å². The van der Waals surface area contributed by atoms with Gasteiger partial charge in [0, 0.05) is 25.2 Å². The third kappa shape index (κ3) is 3.59. The van der Waals surface area contributed by atoms with Crippen molar-refractivity contribution in [1.29, 1.82) is 0 Å². The van der Waals surface area contributed by atoms with Crippen LogP contribution in [-0.4, -0.2) is 53.7 Å². The van der Waals surface area contributed by atoms with Gasteiger partial charge < -0.3 is 14.8 Å². The fraction of sp³-hybridized carbons (Fsp3) is 0.318. The van der Waals surface area contributed by atoms with E-state index < -0.39 is 16.1 Å². The molecule has 0 aliphatic carbocycles. The third-order valence-electron chi connectivity index (χ3n) is 5.84. The molecule has 1 fully saturated rings. The lowest BCUT2D eigenvalue weighted by atomic mass is 10.1. The van der Waals surface area contributed by atoms with Gasteiger partial charge in [0.25, 0.3) is 10.0 Å². The molecule has 2 aliphatic heterocycles. The van der Waals surface area contributed by atoms with E-state index in [4.69, 9.17) is 0 Å². The maximum Gasteiger partial charge on any atom is 0.285 e. The maximum absolute atomic E-state index is 12.9. The number of hydrogen-bond acceptors (Lipinski definition) is 5. The molecule has 5 rings (SSSR count). The minimum Gasteiger partial charge on any atom is -0.354 e. The Morgan fingerprint density at radius 2 is 1.94 bits per heavy atom. The topological polar surface area (TPSA) is 96.7 Å². The summed E-state index contributed by atoms with van der Waals surface area (Å²) in [5.74, 6) is 0.301. The summed E-state index contributed by atoms with van der Waals surface area (Å²) in [6, 6.07) is 14.3. The Morgan fingerprint density at radius 3 is 2.84 bits per heavy atom. The third-order valence-corrected chi connectivity index (χ3v) is 7.17. The Bertz CT molecular complexity index is 1280. The van der Waals surface area contributed by atoms with Gasteiger partial charge in [0.05, 0.1) is 17.4 Å². The number of carbonyl (C=O) groups is 1. The number of likely N-dealkylation sites (tertiary alicyclic amines) is 1. The molecule has 2 aliphatic rings. The van der Waals surface area contributed by atoms with Crippen molar-refractivity contribution in [2.24, 2.45) is 4.40 Å². The van der Waals surface area contributed by atoms with Gasteiger partial charge in [0.1, 0.15) is 10.9 Å². The molecule has 1 unspecified atom stereocenters. The summed E-state index contributed by atoms with van der Waals surface area (Å²) in [4.78, 5) is 19.3. The highest BCUT2D eigenvalue weighted by molar-refractivity contribution is 7.90. The summed E-state index contributed by atoms with van der Waals surface area (Å²) in [6.45, 7) is 1.91. The van der Waals surface area contributed by atoms with E-state index >= 15 is 0 Å². The number of aromatic nitrogens is 2. The van der Waals surface area contributed by atoms with Crippen molar-refractivity contribution in [3.63, 3.8) is 0 Å². The molecule has 8 nitrogen and oxygen atoms in total. The normalized spacial score (nSPS) is 19.4. The van der Waals surface area contributed by atoms with Crippen molar-refractivity contribution in [2.75, 3.05) is 13.1 Å². The Hall–Kier alpha value is -3.20. The van der Waals surface area contributed by atoms with Crippen molar-refractivity contribution in [2.45, 2.75) is 36.7 Å². The monoisotopic (exact) mass is 437 g/mol. The van der Waals surface area contributed by atoms with E-state index in [9.17, 15) is 13.2 Å². The highest BCUT2D eigenvalue weighted by Crippen LogP contribution is 2.31. The lowest BCUT2D eigenvalue weighted by molar-refractivity contribution is -0.124. The average Bonchev–Trinajstić information content (AvgIpc) is 3.48. The highest BCUT2D eigenvalue weighted by atomic mass is 32.2. The predicted molar refractivity (Wildman–Crippen MR) is 117 cm³/mol. The van der Waals surface area contributed by atoms with Crippen LogP contribution in [0.4, 0.5) is 0 Å². The van der Waals surface area contributed by atoms with Crippen molar-refractivity contribution in [1.82, 2.24) is 19.8 Å². The molecular weight excluding hydrogens is 414 g/mol. The zero-order valence-electron chi connectivity index (χ0n) is 16.9. The van der Waals surface area contributed by atoms with Gasteiger partial charge in [-0.2, -0.15) is 8.42 Å². The van der Waals surface area contributed by atoms with Crippen LogP contribution >= 0.6 is 0 Å². The standard InChI is InChI=1S/C22H23N5O3S/c28-22(23-12-6-13-26-15-24-17-8-2-3-9-18(17)26)19-10-5-14-27(19)21-16-7-1-4-11-20(16)31(29,30)25-21/h1-4,7-9,11,15,19H,5-6,10,12-14H2,(H,23,28). The van der Waals surface area contributed by atoms with Gasteiger partial charge >= 0.3 is 0 Å². The number of amides is 1. The molecule has 3 heterocycles. The zero-order valence-corrected chi connectivity index (χ0v) is 17.8. The van der Waals surface area contributed by atoms with Gasteiger partial charge in [-0.05, 0) is 43.5 Å². The molecule has 1 atom stereocenters. The number of para-hydroxylation sites is 2. The molecule has 1 aromatic heterocycles. The molecule has 31 heavy (non-hydrogen) atoms. The van der Waals surface area contributed by atoms with E-state index in [1.165, 1.54) is 0 Å². The van der Waals surface area contributed by atoms with Crippen molar-refractivity contribution < 1.29 is 13.2 Å². The number of carbonyl (C=O) groups excluding carboxylic acids is 1. The van der Waals surface area contributed by atoms with Crippen LogP contribution in [0, 0.1) is 0 Å². The largest absolute Gasteiger partial charge is 0.354 e. The van der Waals surface area contributed by atoms with Crippen molar-refractivity contribution in [3.8, 4) is 0 Å². The summed E-state index contributed by atoms with van der Waals surface area (Å²) < 4.78 is 30.9. The zero-order chi connectivity index (χ0) is 21.4. The molecule has 2 aromatic carbocycles. The Balaban J connectivity index is 1.23. The number of aryl methyl sites for hydroxylation is 1. The highest BCUT2D eigenvalue weighted by Gasteiger charge is 2.39. The van der Waals surface area contributed by atoms with Crippen LogP contribution in [0.5, 0.6) is 0 Å². The number of sulfonamides is 1. The summed E-state index contributed by atoms with van der Waals surface area (Å²) in [6.07, 6.45) is 4.10. The first-order valence-corrected chi connectivity index (χ1v) is 11.9. The second-order valence-corrected chi connectivity index (χ2v) is 9.38. The molecule has 160 valence electrons. The van der Waals surface area contributed by atoms with Gasteiger partial charge in [0.2, 0.25) is 5.91 Å². The lowest BCUT2D eigenvalue weighted by Gasteiger charge is -2.25. The molecule has 1 saturated heterocycles. The van der Waals surface area contributed by atoms with Crippen LogP contribution in [0.25, 0.3) is 11.0 Å². The van der Waals surface area contributed by atoms with Crippen LogP contribution in [0.3, 0.4) is 0 Å². The van der Waals surface area contributed by atoms with Crippen LogP contribution in [0.2, 0.25) is 0 Å². The number of nitrogens with zero attached hydrogens (tertiary/aromatic N) is 4. The van der Waals surface area contributed by atoms with E-state index in [-0.39, 0.29) is 10.8 Å². The summed E-state index contributed by atoms with van der Waals surface area (Å²) in [7, 11) is -3.70. The Morgan fingerprint density at radius 1 is 1.13 bits per heavy atom. The van der Waals surface area contributed by atoms with E-state index in [1.54, 1.807) is 24.3 Å². The second-order valence-electron chi connectivity index (χ2n) is 7.81. The van der Waals surface area contributed by atoms with E-state index in [0.717, 1.165) is 30.4 Å². The van der Waals surface area contributed by atoms with Gasteiger partial charge in [-0.3, -0.25) is 4.79 Å². The maximum atomic E-state index is 12.9. The van der Waals surface area contributed by atoms with Gasteiger partial charge in [-0.25, -0.2) is 4.98 Å². The number of imidazole rings is 1. The van der Waals surface area contributed by atoms with Gasteiger partial charge in [-0.15, -0.1) is 4.40 Å². The SMILES string of the molecule is O=C(NCCCn1cnc2ccccc21)C1CCCN1C1=NS(=O)(=O)c2ccccc21. The molecule has 1 N–H and O–H groups in total.